The van der Waals surface area contributed by atoms with Crippen molar-refractivity contribution in [3.8, 4) is 0 Å². The molecule has 1 aliphatic heterocycles. The third kappa shape index (κ3) is 6.98. The van der Waals surface area contributed by atoms with Crippen LogP contribution in [0.4, 0.5) is 11.8 Å². The molecule has 24 nitrogen and oxygen atoms in total. The number of phosphoric acid groups is 3. The van der Waals surface area contributed by atoms with Gasteiger partial charge in [-0.3, -0.25) is 23.4 Å². The van der Waals surface area contributed by atoms with E-state index in [0.29, 0.717) is 0 Å². The lowest BCUT2D eigenvalue weighted by Crippen LogP contribution is -2.33. The molecule has 4 aromatic heterocycles. The van der Waals surface area contributed by atoms with Crippen molar-refractivity contribution in [1.29, 1.82) is 0 Å². The number of aromatic nitrogens is 8. The van der Waals surface area contributed by atoms with E-state index in [1.807, 2.05) is 0 Å². The number of fused-ring (bicyclic) bond motifs is 2. The molecular formula is C17H21N10O14P3. The van der Waals surface area contributed by atoms with Crippen molar-refractivity contribution in [2.45, 2.75) is 31.1 Å². The number of aliphatic hydroxyl groups excluding tert-OH is 2. The SMILES string of the molecule is Nc1nc2ncc(COP(=O)(O)OP(=O)(O)OP(=O)(O)OC[C@H]3O[C@@H](n4cnc5c(N)ncnc54)[C@H](O)[C@@H]3O)nc2c(=O)[nH]1. The van der Waals surface area contributed by atoms with E-state index in [1.165, 1.54) is 10.9 Å². The number of hydrogen-bond donors (Lipinski definition) is 8. The monoisotopic (exact) mass is 682 g/mol. The first-order valence-electron chi connectivity index (χ1n) is 11.7. The first-order valence-corrected chi connectivity index (χ1v) is 16.2. The highest BCUT2D eigenvalue weighted by molar-refractivity contribution is 7.66. The van der Waals surface area contributed by atoms with Gasteiger partial charge in [-0.05, 0) is 0 Å². The van der Waals surface area contributed by atoms with E-state index in [9.17, 15) is 43.4 Å². The van der Waals surface area contributed by atoms with Gasteiger partial charge in [-0.2, -0.15) is 13.6 Å². The largest absolute Gasteiger partial charge is 0.490 e. The van der Waals surface area contributed by atoms with Crippen LogP contribution in [0.25, 0.3) is 22.3 Å². The summed E-state index contributed by atoms with van der Waals surface area (Å²) < 4.78 is 60.6. The van der Waals surface area contributed by atoms with Crippen LogP contribution in [0.15, 0.2) is 23.6 Å². The molecule has 5 heterocycles. The number of hydrogen-bond acceptors (Lipinski definition) is 19. The zero-order valence-electron chi connectivity index (χ0n) is 21.5. The summed E-state index contributed by atoms with van der Waals surface area (Å²) in [7, 11) is -16.9. The highest BCUT2D eigenvalue weighted by Crippen LogP contribution is 2.67. The van der Waals surface area contributed by atoms with Crippen molar-refractivity contribution in [2.24, 2.45) is 0 Å². The van der Waals surface area contributed by atoms with Crippen LogP contribution in [-0.2, 0) is 42.7 Å². The Morgan fingerprint density at radius 2 is 1.64 bits per heavy atom. The third-order valence-electron chi connectivity index (χ3n) is 5.67. The molecule has 238 valence electrons. The number of aliphatic hydroxyl groups is 2. The van der Waals surface area contributed by atoms with Gasteiger partial charge in [0.15, 0.2) is 28.9 Å². The van der Waals surface area contributed by atoms with Gasteiger partial charge in [0.1, 0.15) is 36.8 Å². The van der Waals surface area contributed by atoms with Gasteiger partial charge >= 0.3 is 23.5 Å². The molecular weight excluding hydrogens is 661 g/mol. The van der Waals surface area contributed by atoms with Gasteiger partial charge in [0.25, 0.3) is 5.56 Å². The summed E-state index contributed by atoms with van der Waals surface area (Å²) in [5.41, 5.74) is 9.94. The molecule has 0 saturated carbocycles. The summed E-state index contributed by atoms with van der Waals surface area (Å²) in [5.74, 6) is -0.215. The van der Waals surface area contributed by atoms with Crippen LogP contribution in [0.3, 0.4) is 0 Å². The summed E-state index contributed by atoms with van der Waals surface area (Å²) in [5, 5.41) is 20.8. The van der Waals surface area contributed by atoms with Crippen molar-refractivity contribution >= 4 is 57.6 Å². The average molecular weight is 682 g/mol. The maximum Gasteiger partial charge on any atom is 0.490 e. The van der Waals surface area contributed by atoms with Gasteiger partial charge in [0, 0.05) is 0 Å². The highest BCUT2D eigenvalue weighted by atomic mass is 31.3. The zero-order chi connectivity index (χ0) is 32.0. The fraction of sp³-hybridized carbons (Fsp3) is 0.353. The zero-order valence-corrected chi connectivity index (χ0v) is 24.2. The minimum Gasteiger partial charge on any atom is -0.387 e. The minimum atomic E-state index is -5.86. The van der Waals surface area contributed by atoms with Crippen LogP contribution in [0.2, 0.25) is 0 Å². The quantitative estimate of drug-likeness (QED) is 0.0809. The number of phosphoric ester groups is 2. The number of anilines is 2. The molecule has 5 rings (SSSR count). The number of nitrogens with one attached hydrogen (secondary N) is 1. The first-order chi connectivity index (χ1) is 20.5. The second-order valence-corrected chi connectivity index (χ2v) is 13.4. The number of aromatic amines is 1. The third-order valence-corrected chi connectivity index (χ3v) is 9.91. The predicted octanol–water partition coefficient (Wildman–Crippen LogP) is -1.80. The normalized spacial score (nSPS) is 24.7. The van der Waals surface area contributed by atoms with E-state index >= 15 is 0 Å². The van der Waals surface area contributed by atoms with Crippen LogP contribution in [0.5, 0.6) is 0 Å². The Morgan fingerprint density at radius 1 is 0.932 bits per heavy atom. The Labute approximate surface area is 242 Å². The van der Waals surface area contributed by atoms with E-state index in [-0.39, 0.29) is 39.8 Å². The first kappa shape index (κ1) is 32.1. The Balaban J connectivity index is 1.17. The Hall–Kier alpha value is -3.34. The van der Waals surface area contributed by atoms with E-state index in [4.69, 9.17) is 16.2 Å². The van der Waals surface area contributed by atoms with E-state index < -0.39 is 66.8 Å². The van der Waals surface area contributed by atoms with Crippen LogP contribution >= 0.6 is 23.5 Å². The van der Waals surface area contributed by atoms with Crippen LogP contribution in [0, 0.1) is 0 Å². The second kappa shape index (κ2) is 11.9. The van der Waals surface area contributed by atoms with Gasteiger partial charge in [-0.15, -0.1) is 0 Å². The summed E-state index contributed by atoms with van der Waals surface area (Å²) in [6.45, 7) is -1.90. The van der Waals surface area contributed by atoms with Crippen molar-refractivity contribution in [3.63, 3.8) is 0 Å². The van der Waals surface area contributed by atoms with E-state index in [0.717, 1.165) is 12.5 Å². The van der Waals surface area contributed by atoms with Gasteiger partial charge in [-0.1, -0.05) is 0 Å². The standard InChI is InChI=1S/C17H21N10O14P3/c18-12-8-14(22-4-21-12)27(5-23-8)16-11(29)10(28)7(39-16)3-38-43(33,34)41-44(35,36)40-42(31,32)37-2-6-1-20-13-9(24-6)15(30)26-17(19)25-13/h1,4-5,7,10-11,16,28-29H,2-3H2,(H,31,32)(H,33,34)(H,35,36)(H2,18,21,22)(H3,19,20,25,26,30)/t7-,10-,11-,16-/m1/s1. The van der Waals surface area contributed by atoms with Gasteiger partial charge < -0.3 is 41.1 Å². The summed E-state index contributed by atoms with van der Waals surface area (Å²) in [6, 6.07) is 0. The van der Waals surface area contributed by atoms with E-state index in [2.05, 4.69) is 52.6 Å². The molecule has 4 aromatic rings. The van der Waals surface area contributed by atoms with Crippen LogP contribution < -0.4 is 17.0 Å². The van der Waals surface area contributed by atoms with Gasteiger partial charge in [-0.25, -0.2) is 38.6 Å². The van der Waals surface area contributed by atoms with Crippen molar-refractivity contribution in [1.82, 2.24) is 39.5 Å². The van der Waals surface area contributed by atoms with Crippen LogP contribution in [0.1, 0.15) is 11.9 Å². The highest BCUT2D eigenvalue weighted by Gasteiger charge is 2.47. The molecule has 1 aliphatic rings. The number of nitrogens with zero attached hydrogens (tertiary/aromatic N) is 7. The smallest absolute Gasteiger partial charge is 0.387 e. The molecule has 0 aliphatic carbocycles. The molecule has 1 fully saturated rings. The summed E-state index contributed by atoms with van der Waals surface area (Å²) >= 11 is 0. The molecule has 0 radical (unpaired) electrons. The van der Waals surface area contributed by atoms with E-state index in [1.54, 1.807) is 0 Å². The lowest BCUT2D eigenvalue weighted by Gasteiger charge is -2.20. The Kier molecular flexibility index (Phi) is 8.65. The van der Waals surface area contributed by atoms with Crippen LogP contribution in [-0.4, -0.2) is 89.3 Å². The number of nitrogen functional groups attached to an aromatic ring is 2. The van der Waals surface area contributed by atoms with Gasteiger partial charge in [0.05, 0.1) is 24.8 Å². The van der Waals surface area contributed by atoms with Crippen molar-refractivity contribution in [3.05, 3.63) is 34.9 Å². The second-order valence-electron chi connectivity index (χ2n) is 8.75. The van der Waals surface area contributed by atoms with Crippen molar-refractivity contribution < 1.29 is 61.0 Å². The number of H-pyrrole nitrogens is 1. The fourth-order valence-corrected chi connectivity index (χ4v) is 7.31. The number of imidazole rings is 1. The fourth-order valence-electron chi connectivity index (χ4n) is 3.83. The molecule has 0 bridgehead atoms. The maximum absolute atomic E-state index is 12.3. The maximum atomic E-state index is 12.3. The van der Waals surface area contributed by atoms with Gasteiger partial charge in [0.2, 0.25) is 5.95 Å². The topological polar surface area (TPSA) is 366 Å². The molecule has 1 saturated heterocycles. The molecule has 3 unspecified atom stereocenters. The summed E-state index contributed by atoms with van der Waals surface area (Å²) in [6.07, 6.45) is -2.91. The lowest BCUT2D eigenvalue weighted by molar-refractivity contribution is -0.0503. The molecule has 0 spiro atoms. The molecule has 0 amide bonds. The molecule has 27 heteroatoms. The molecule has 0 aromatic carbocycles. The lowest BCUT2D eigenvalue weighted by atomic mass is 10.1. The van der Waals surface area contributed by atoms with Crippen molar-refractivity contribution in [2.75, 3.05) is 18.1 Å². The Bertz CT molecular complexity index is 1920. The molecule has 10 N–H and O–H groups in total. The number of ether oxygens (including phenoxy) is 1. The predicted molar refractivity (Wildman–Crippen MR) is 140 cm³/mol. The number of nitrogens with two attached hydrogens (primary N) is 2. The Morgan fingerprint density at radius 3 is 2.36 bits per heavy atom. The minimum absolute atomic E-state index is 0.0241. The molecule has 7 atom stereocenters. The number of rotatable bonds is 11. The molecule has 44 heavy (non-hydrogen) atoms. The average Bonchev–Trinajstić information content (AvgIpc) is 3.46. The summed E-state index contributed by atoms with van der Waals surface area (Å²) in [4.78, 5) is 66.7.